The molecule has 98 valence electrons. The topological polar surface area (TPSA) is 44.4 Å². The van der Waals surface area contributed by atoms with E-state index in [2.05, 4.69) is 43.5 Å². The molecular weight excluding hydrogens is 214 g/mol. The Morgan fingerprint density at radius 2 is 2.00 bits per heavy atom. The molecule has 17 heavy (non-hydrogen) atoms. The number of carbonyl (C=O) groups is 1. The highest BCUT2D eigenvalue weighted by Gasteiger charge is 2.21. The average Bonchev–Trinajstić information content (AvgIpc) is 2.09. The van der Waals surface area contributed by atoms with E-state index in [9.17, 15) is 4.79 Å². The van der Waals surface area contributed by atoms with Crippen LogP contribution in [0.2, 0.25) is 0 Å². The second-order valence-electron chi connectivity index (χ2n) is 5.92. The SMILES string of the molecule is CC(C(=O)NCC(C)(C)CN(C)C)=C1CNC1. The van der Waals surface area contributed by atoms with Crippen molar-refractivity contribution in [1.82, 2.24) is 15.5 Å². The Kier molecular flexibility index (Phi) is 4.71. The van der Waals surface area contributed by atoms with Gasteiger partial charge in [-0.1, -0.05) is 13.8 Å². The lowest BCUT2D eigenvalue weighted by Crippen LogP contribution is -2.42. The van der Waals surface area contributed by atoms with E-state index >= 15 is 0 Å². The molecule has 0 saturated carbocycles. The molecule has 1 aliphatic rings. The first-order valence-electron chi connectivity index (χ1n) is 6.14. The molecule has 0 radical (unpaired) electrons. The third-order valence-electron chi connectivity index (χ3n) is 3.02. The monoisotopic (exact) mass is 239 g/mol. The molecule has 0 aromatic heterocycles. The summed E-state index contributed by atoms with van der Waals surface area (Å²) < 4.78 is 0. The Morgan fingerprint density at radius 3 is 2.41 bits per heavy atom. The molecule has 0 bridgehead atoms. The van der Waals surface area contributed by atoms with Crippen molar-refractivity contribution in [2.24, 2.45) is 5.41 Å². The molecule has 1 fully saturated rings. The fourth-order valence-electron chi connectivity index (χ4n) is 2.04. The van der Waals surface area contributed by atoms with Gasteiger partial charge in [0.1, 0.15) is 0 Å². The molecule has 1 saturated heterocycles. The molecule has 0 aliphatic carbocycles. The van der Waals surface area contributed by atoms with Crippen molar-refractivity contribution < 1.29 is 4.79 Å². The first-order chi connectivity index (χ1) is 7.82. The highest BCUT2D eigenvalue weighted by atomic mass is 16.1. The van der Waals surface area contributed by atoms with Crippen molar-refractivity contribution in [3.63, 3.8) is 0 Å². The van der Waals surface area contributed by atoms with Gasteiger partial charge in [-0.05, 0) is 32.0 Å². The highest BCUT2D eigenvalue weighted by Crippen LogP contribution is 2.15. The smallest absolute Gasteiger partial charge is 0.246 e. The summed E-state index contributed by atoms with van der Waals surface area (Å²) in [7, 11) is 4.10. The Labute approximate surface area is 104 Å². The second kappa shape index (κ2) is 5.65. The molecule has 0 aromatic carbocycles. The van der Waals surface area contributed by atoms with Crippen LogP contribution in [0.5, 0.6) is 0 Å². The minimum Gasteiger partial charge on any atom is -0.352 e. The van der Waals surface area contributed by atoms with Gasteiger partial charge in [0, 0.05) is 31.8 Å². The normalized spacial score (nSPS) is 15.8. The minimum absolute atomic E-state index is 0.0772. The maximum atomic E-state index is 11.9. The fraction of sp³-hybridized carbons (Fsp3) is 0.769. The van der Waals surface area contributed by atoms with Gasteiger partial charge in [-0.2, -0.15) is 0 Å². The van der Waals surface area contributed by atoms with Crippen LogP contribution in [0.4, 0.5) is 0 Å². The van der Waals surface area contributed by atoms with Gasteiger partial charge < -0.3 is 15.5 Å². The molecule has 2 N–H and O–H groups in total. The number of hydrogen-bond acceptors (Lipinski definition) is 3. The summed E-state index contributed by atoms with van der Waals surface area (Å²) in [4.78, 5) is 14.0. The molecule has 0 atom stereocenters. The lowest BCUT2D eigenvalue weighted by atomic mass is 9.92. The van der Waals surface area contributed by atoms with Crippen molar-refractivity contribution in [3.8, 4) is 0 Å². The van der Waals surface area contributed by atoms with Gasteiger partial charge in [-0.15, -0.1) is 0 Å². The molecule has 1 amide bonds. The Morgan fingerprint density at radius 1 is 1.41 bits per heavy atom. The molecular formula is C13H25N3O. The van der Waals surface area contributed by atoms with E-state index in [0.717, 1.165) is 25.2 Å². The molecule has 0 spiro atoms. The summed E-state index contributed by atoms with van der Waals surface area (Å²) in [5.74, 6) is 0.0772. The molecule has 1 rings (SSSR count). The van der Waals surface area contributed by atoms with Gasteiger partial charge in [-0.3, -0.25) is 4.79 Å². The van der Waals surface area contributed by atoms with E-state index in [1.165, 1.54) is 5.57 Å². The predicted octanol–water partition coefficient (Wildman–Crippen LogP) is 0.610. The van der Waals surface area contributed by atoms with Gasteiger partial charge in [-0.25, -0.2) is 0 Å². The van der Waals surface area contributed by atoms with Crippen molar-refractivity contribution in [2.75, 3.05) is 40.3 Å². The second-order valence-corrected chi connectivity index (χ2v) is 5.92. The maximum Gasteiger partial charge on any atom is 0.246 e. The summed E-state index contributed by atoms with van der Waals surface area (Å²) in [6.45, 7) is 9.64. The van der Waals surface area contributed by atoms with Crippen LogP contribution >= 0.6 is 0 Å². The number of nitrogens with one attached hydrogen (secondary N) is 2. The number of rotatable bonds is 5. The largest absolute Gasteiger partial charge is 0.352 e. The van der Waals surface area contributed by atoms with Crippen LogP contribution in [0.3, 0.4) is 0 Å². The minimum atomic E-state index is 0.0772. The zero-order valence-corrected chi connectivity index (χ0v) is 11.7. The molecule has 1 aliphatic heterocycles. The number of nitrogens with zero attached hydrogens (tertiary/aromatic N) is 1. The van der Waals surface area contributed by atoms with E-state index in [4.69, 9.17) is 0 Å². The van der Waals surface area contributed by atoms with Crippen molar-refractivity contribution in [2.45, 2.75) is 20.8 Å². The van der Waals surface area contributed by atoms with Crippen molar-refractivity contribution in [1.29, 1.82) is 0 Å². The quantitative estimate of drug-likeness (QED) is 0.691. The summed E-state index contributed by atoms with van der Waals surface area (Å²) in [6, 6.07) is 0. The molecule has 4 heteroatoms. The number of amides is 1. The van der Waals surface area contributed by atoms with Crippen LogP contribution in [0.1, 0.15) is 20.8 Å². The Balaban J connectivity index is 2.42. The zero-order chi connectivity index (χ0) is 13.1. The Bertz CT molecular complexity index is 313. The average molecular weight is 239 g/mol. The predicted molar refractivity (Wildman–Crippen MR) is 70.9 cm³/mol. The fourth-order valence-corrected chi connectivity index (χ4v) is 2.04. The van der Waals surface area contributed by atoms with Gasteiger partial charge in [0.25, 0.3) is 0 Å². The summed E-state index contributed by atoms with van der Waals surface area (Å²) in [6.07, 6.45) is 0. The van der Waals surface area contributed by atoms with E-state index in [0.29, 0.717) is 6.54 Å². The number of hydrogen-bond donors (Lipinski definition) is 2. The summed E-state index contributed by atoms with van der Waals surface area (Å²) >= 11 is 0. The van der Waals surface area contributed by atoms with Crippen molar-refractivity contribution in [3.05, 3.63) is 11.1 Å². The van der Waals surface area contributed by atoms with E-state index in [-0.39, 0.29) is 11.3 Å². The maximum absolute atomic E-state index is 11.9. The first kappa shape index (κ1) is 14.2. The van der Waals surface area contributed by atoms with Gasteiger partial charge in [0.15, 0.2) is 0 Å². The van der Waals surface area contributed by atoms with Crippen LogP contribution < -0.4 is 10.6 Å². The van der Waals surface area contributed by atoms with Gasteiger partial charge >= 0.3 is 0 Å². The van der Waals surface area contributed by atoms with Crippen LogP contribution in [-0.2, 0) is 4.79 Å². The highest BCUT2D eigenvalue weighted by molar-refractivity contribution is 5.93. The molecule has 4 nitrogen and oxygen atoms in total. The van der Waals surface area contributed by atoms with E-state index < -0.39 is 0 Å². The van der Waals surface area contributed by atoms with E-state index in [1.807, 2.05) is 6.92 Å². The van der Waals surface area contributed by atoms with Crippen LogP contribution in [0, 0.1) is 5.41 Å². The molecule has 0 aromatic rings. The lowest BCUT2D eigenvalue weighted by molar-refractivity contribution is -0.118. The van der Waals surface area contributed by atoms with Crippen LogP contribution in [0.25, 0.3) is 0 Å². The summed E-state index contributed by atoms with van der Waals surface area (Å²) in [5, 5.41) is 6.18. The lowest BCUT2D eigenvalue weighted by Gasteiger charge is -2.29. The van der Waals surface area contributed by atoms with Crippen LogP contribution in [0.15, 0.2) is 11.1 Å². The van der Waals surface area contributed by atoms with Gasteiger partial charge in [0.05, 0.1) is 0 Å². The Hall–Kier alpha value is -0.870. The molecule has 0 unspecified atom stereocenters. The summed E-state index contributed by atoms with van der Waals surface area (Å²) in [5.41, 5.74) is 2.21. The zero-order valence-electron chi connectivity index (χ0n) is 11.7. The van der Waals surface area contributed by atoms with Crippen molar-refractivity contribution >= 4 is 5.91 Å². The number of carbonyl (C=O) groups excluding carboxylic acids is 1. The standard InChI is InChI=1S/C13H25N3O/c1-10(11-6-14-7-11)12(17)15-8-13(2,3)9-16(4)5/h14H,6-9H2,1-5H3,(H,15,17). The molecule has 1 heterocycles. The van der Waals surface area contributed by atoms with Gasteiger partial charge in [0.2, 0.25) is 5.91 Å². The third-order valence-corrected chi connectivity index (χ3v) is 3.02. The van der Waals surface area contributed by atoms with E-state index in [1.54, 1.807) is 0 Å². The third kappa shape index (κ3) is 4.48. The first-order valence-corrected chi connectivity index (χ1v) is 6.14. The van der Waals surface area contributed by atoms with Crippen LogP contribution in [-0.4, -0.2) is 51.1 Å².